The average Bonchev–Trinajstić information content (AvgIpc) is 3.15. The Kier molecular flexibility index (Phi) is 4.87. The van der Waals surface area contributed by atoms with Gasteiger partial charge in [-0.1, -0.05) is 12.1 Å². The number of amides is 2. The number of carbonyl (C=O) groups is 1. The number of aryl methyl sites for hydroxylation is 2. The predicted octanol–water partition coefficient (Wildman–Crippen LogP) is 4.67. The molecule has 0 saturated heterocycles. The zero-order chi connectivity index (χ0) is 20.4. The van der Waals surface area contributed by atoms with E-state index in [1.54, 1.807) is 13.3 Å². The smallest absolute Gasteiger partial charge is 0.323 e. The first-order valence-electron chi connectivity index (χ1n) is 9.17. The van der Waals surface area contributed by atoms with Crippen molar-refractivity contribution in [3.05, 3.63) is 72.2 Å². The fourth-order valence-corrected chi connectivity index (χ4v) is 3.06. The minimum Gasteiger partial charge on any atom is -0.497 e. The highest BCUT2D eigenvalue weighted by molar-refractivity contribution is 6.01. The number of hydrogen-bond acceptors (Lipinski definition) is 4. The number of benzene rings is 2. The molecule has 2 amide bonds. The molecule has 29 heavy (non-hydrogen) atoms. The van der Waals surface area contributed by atoms with Crippen LogP contribution < -0.4 is 15.4 Å². The molecule has 2 aromatic carbocycles. The number of rotatable bonds is 4. The van der Waals surface area contributed by atoms with Crippen molar-refractivity contribution < 1.29 is 9.53 Å². The molecular weight excluding hydrogens is 366 g/mol. The summed E-state index contributed by atoms with van der Waals surface area (Å²) >= 11 is 0. The molecule has 0 fully saturated rings. The molecule has 7 nitrogen and oxygen atoms in total. The lowest BCUT2D eigenvalue weighted by atomic mass is 10.1. The molecule has 0 spiro atoms. The second-order valence-corrected chi connectivity index (χ2v) is 6.74. The third-order valence-electron chi connectivity index (χ3n) is 4.70. The number of urea groups is 1. The molecule has 0 aliphatic heterocycles. The van der Waals surface area contributed by atoms with Gasteiger partial charge in [0.25, 0.3) is 0 Å². The molecule has 0 saturated carbocycles. The van der Waals surface area contributed by atoms with Crippen LogP contribution in [-0.2, 0) is 0 Å². The Hall–Kier alpha value is -3.87. The highest BCUT2D eigenvalue weighted by atomic mass is 16.5. The molecule has 7 heteroatoms. The van der Waals surface area contributed by atoms with Crippen LogP contribution in [0.25, 0.3) is 17.0 Å². The molecule has 0 radical (unpaired) electrons. The normalized spacial score (nSPS) is 10.7. The molecule has 0 unspecified atom stereocenters. The van der Waals surface area contributed by atoms with Gasteiger partial charge in [-0.15, -0.1) is 0 Å². The lowest BCUT2D eigenvalue weighted by Crippen LogP contribution is -2.20. The first kappa shape index (κ1) is 18.5. The van der Waals surface area contributed by atoms with Crippen LogP contribution in [0.15, 0.2) is 61.1 Å². The van der Waals surface area contributed by atoms with Crippen molar-refractivity contribution in [2.24, 2.45) is 0 Å². The number of anilines is 2. The Morgan fingerprint density at radius 2 is 1.86 bits per heavy atom. The highest BCUT2D eigenvalue weighted by Gasteiger charge is 2.11. The molecule has 146 valence electrons. The van der Waals surface area contributed by atoms with E-state index in [0.717, 1.165) is 39.5 Å². The largest absolute Gasteiger partial charge is 0.497 e. The van der Waals surface area contributed by atoms with Crippen molar-refractivity contribution in [2.75, 3.05) is 17.7 Å². The maximum atomic E-state index is 12.5. The number of methoxy groups -OCH3 is 1. The van der Waals surface area contributed by atoms with E-state index < -0.39 is 0 Å². The number of carbonyl (C=O) groups excluding carboxylic acids is 1. The van der Waals surface area contributed by atoms with Gasteiger partial charge in [-0.25, -0.2) is 14.8 Å². The molecule has 0 aliphatic carbocycles. The maximum Gasteiger partial charge on any atom is 0.323 e. The van der Waals surface area contributed by atoms with Gasteiger partial charge in [-0.3, -0.25) is 4.40 Å². The summed E-state index contributed by atoms with van der Waals surface area (Å²) in [6, 6.07) is 12.9. The highest BCUT2D eigenvalue weighted by Crippen LogP contribution is 2.26. The number of nitrogens with zero attached hydrogens (tertiary/aromatic N) is 3. The SMILES string of the molecule is COc1ccc(NC(=O)Nc2cc(-c3cn4cccnc4n3)ccc2C)c(C)c1. The first-order chi connectivity index (χ1) is 14.0. The Morgan fingerprint density at radius 1 is 1.03 bits per heavy atom. The molecule has 0 bridgehead atoms. The number of hydrogen-bond donors (Lipinski definition) is 2. The molecule has 2 N–H and O–H groups in total. The van der Waals surface area contributed by atoms with Gasteiger partial charge < -0.3 is 15.4 Å². The van der Waals surface area contributed by atoms with Gasteiger partial charge in [-0.2, -0.15) is 0 Å². The Bertz CT molecular complexity index is 1170. The van der Waals surface area contributed by atoms with Gasteiger partial charge in [0.05, 0.1) is 12.8 Å². The van der Waals surface area contributed by atoms with Crippen LogP contribution in [0.1, 0.15) is 11.1 Å². The van der Waals surface area contributed by atoms with Gasteiger partial charge in [0.15, 0.2) is 0 Å². The van der Waals surface area contributed by atoms with Crippen molar-refractivity contribution in [1.82, 2.24) is 14.4 Å². The zero-order valence-corrected chi connectivity index (χ0v) is 16.4. The van der Waals surface area contributed by atoms with Crippen molar-refractivity contribution in [3.8, 4) is 17.0 Å². The van der Waals surface area contributed by atoms with E-state index >= 15 is 0 Å². The van der Waals surface area contributed by atoms with E-state index in [0.29, 0.717) is 5.78 Å². The summed E-state index contributed by atoms with van der Waals surface area (Å²) in [6.45, 7) is 3.87. The summed E-state index contributed by atoms with van der Waals surface area (Å²) < 4.78 is 7.07. The summed E-state index contributed by atoms with van der Waals surface area (Å²) in [7, 11) is 1.61. The van der Waals surface area contributed by atoms with Gasteiger partial charge in [0, 0.05) is 35.5 Å². The number of nitrogens with one attached hydrogen (secondary N) is 2. The van der Waals surface area contributed by atoms with E-state index in [9.17, 15) is 4.79 Å². The average molecular weight is 387 g/mol. The zero-order valence-electron chi connectivity index (χ0n) is 16.4. The van der Waals surface area contributed by atoms with E-state index in [1.807, 2.05) is 73.1 Å². The van der Waals surface area contributed by atoms with E-state index in [4.69, 9.17) is 4.74 Å². The number of aromatic nitrogens is 3. The van der Waals surface area contributed by atoms with Crippen LogP contribution >= 0.6 is 0 Å². The fourth-order valence-electron chi connectivity index (χ4n) is 3.06. The van der Waals surface area contributed by atoms with Crippen LogP contribution in [-0.4, -0.2) is 27.5 Å². The second kappa shape index (κ2) is 7.63. The van der Waals surface area contributed by atoms with E-state index in [-0.39, 0.29) is 6.03 Å². The van der Waals surface area contributed by atoms with Crippen LogP contribution in [0.5, 0.6) is 5.75 Å². The van der Waals surface area contributed by atoms with E-state index in [1.165, 1.54) is 0 Å². The Labute approximate surface area is 168 Å². The minimum absolute atomic E-state index is 0.310. The standard InChI is InChI=1S/C22H21N5O2/c1-14-5-6-16(20-13-27-10-4-9-23-21(27)24-20)12-19(14)26-22(28)25-18-8-7-17(29-3)11-15(18)2/h4-13H,1-3H3,(H2,25,26,28). The van der Waals surface area contributed by atoms with Crippen molar-refractivity contribution in [3.63, 3.8) is 0 Å². The molecular formula is C22H21N5O2. The number of imidazole rings is 1. The summed E-state index contributed by atoms with van der Waals surface area (Å²) in [4.78, 5) is 21.3. The topological polar surface area (TPSA) is 80.5 Å². The lowest BCUT2D eigenvalue weighted by molar-refractivity contribution is 0.262. The summed E-state index contributed by atoms with van der Waals surface area (Å²) in [6.07, 6.45) is 5.52. The first-order valence-corrected chi connectivity index (χ1v) is 9.17. The number of fused-ring (bicyclic) bond motifs is 1. The Morgan fingerprint density at radius 3 is 2.62 bits per heavy atom. The molecule has 0 atom stereocenters. The fraction of sp³-hybridized carbons (Fsp3) is 0.136. The molecule has 2 aromatic heterocycles. The second-order valence-electron chi connectivity index (χ2n) is 6.74. The van der Waals surface area contributed by atoms with Gasteiger partial charge >= 0.3 is 6.03 Å². The molecule has 4 rings (SSSR count). The minimum atomic E-state index is -0.310. The van der Waals surface area contributed by atoms with Crippen LogP contribution in [0.3, 0.4) is 0 Å². The Balaban J connectivity index is 1.55. The molecule has 2 heterocycles. The molecule has 4 aromatic rings. The third kappa shape index (κ3) is 3.89. The van der Waals surface area contributed by atoms with E-state index in [2.05, 4.69) is 20.6 Å². The molecule has 0 aliphatic rings. The van der Waals surface area contributed by atoms with Gasteiger partial charge in [0.2, 0.25) is 5.78 Å². The van der Waals surface area contributed by atoms with Crippen molar-refractivity contribution in [2.45, 2.75) is 13.8 Å². The third-order valence-corrected chi connectivity index (χ3v) is 4.70. The summed E-state index contributed by atoms with van der Waals surface area (Å²) in [5, 5.41) is 5.81. The van der Waals surface area contributed by atoms with Crippen LogP contribution in [0.4, 0.5) is 16.2 Å². The lowest BCUT2D eigenvalue weighted by Gasteiger charge is -2.13. The monoisotopic (exact) mass is 387 g/mol. The quantitative estimate of drug-likeness (QED) is 0.533. The summed E-state index contributed by atoms with van der Waals surface area (Å²) in [5.74, 6) is 1.38. The van der Waals surface area contributed by atoms with Gasteiger partial charge in [0.1, 0.15) is 5.75 Å². The van der Waals surface area contributed by atoms with Crippen LogP contribution in [0, 0.1) is 13.8 Å². The van der Waals surface area contributed by atoms with Crippen molar-refractivity contribution >= 4 is 23.2 Å². The number of ether oxygens (including phenoxy) is 1. The van der Waals surface area contributed by atoms with Gasteiger partial charge in [-0.05, 0) is 55.3 Å². The van der Waals surface area contributed by atoms with Crippen LogP contribution in [0.2, 0.25) is 0 Å². The van der Waals surface area contributed by atoms with Crippen molar-refractivity contribution in [1.29, 1.82) is 0 Å². The predicted molar refractivity (Wildman–Crippen MR) is 114 cm³/mol. The maximum absolute atomic E-state index is 12.5. The summed E-state index contributed by atoms with van der Waals surface area (Å²) in [5.41, 5.74) is 5.01.